The van der Waals surface area contributed by atoms with Crippen LogP contribution in [0.25, 0.3) is 0 Å². The fourth-order valence-corrected chi connectivity index (χ4v) is 2.25. The second-order valence-corrected chi connectivity index (χ2v) is 5.74. The Morgan fingerprint density at radius 1 is 1.19 bits per heavy atom. The molecule has 2 rings (SSSR count). The molecule has 0 bridgehead atoms. The average molecular weight is 387 g/mol. The highest BCUT2D eigenvalue weighted by Gasteiger charge is 2.10. The predicted molar refractivity (Wildman–Crippen MR) is 92.1 cm³/mol. The van der Waals surface area contributed by atoms with Crippen LogP contribution in [0.15, 0.2) is 46.9 Å². The number of halogens is 2. The standard InChI is InChI=1S/C13H9BrClN3O2S/c14-8-1-3-9(4-2-8)16-13(21)17-12-6-5-10(18(19)20)7-11(12)15/h1-7H,(H2,16,17,21). The van der Waals surface area contributed by atoms with E-state index in [-0.39, 0.29) is 10.7 Å². The molecule has 0 radical (unpaired) electrons. The van der Waals surface area contributed by atoms with Gasteiger partial charge in [-0.2, -0.15) is 0 Å². The topological polar surface area (TPSA) is 67.2 Å². The maximum absolute atomic E-state index is 10.6. The number of benzene rings is 2. The van der Waals surface area contributed by atoms with Crippen molar-refractivity contribution in [2.45, 2.75) is 0 Å². The number of hydrogen-bond acceptors (Lipinski definition) is 3. The van der Waals surface area contributed by atoms with Crippen LogP contribution in [0.1, 0.15) is 0 Å². The monoisotopic (exact) mass is 385 g/mol. The molecule has 108 valence electrons. The fraction of sp³-hybridized carbons (Fsp3) is 0. The summed E-state index contributed by atoms with van der Waals surface area (Å²) in [6, 6.07) is 11.6. The molecule has 0 fully saturated rings. The van der Waals surface area contributed by atoms with E-state index in [4.69, 9.17) is 23.8 Å². The van der Waals surface area contributed by atoms with Gasteiger partial charge in [0, 0.05) is 22.3 Å². The molecule has 8 heteroatoms. The van der Waals surface area contributed by atoms with Crippen LogP contribution >= 0.6 is 39.7 Å². The van der Waals surface area contributed by atoms with Gasteiger partial charge in [0.15, 0.2) is 5.11 Å². The zero-order chi connectivity index (χ0) is 15.4. The third-order valence-corrected chi connectivity index (χ3v) is 3.56. The number of nitro groups is 1. The number of nitro benzene ring substituents is 1. The summed E-state index contributed by atoms with van der Waals surface area (Å²) in [5.74, 6) is 0. The van der Waals surface area contributed by atoms with Crippen molar-refractivity contribution in [2.75, 3.05) is 10.6 Å². The Morgan fingerprint density at radius 3 is 2.43 bits per heavy atom. The molecule has 0 amide bonds. The van der Waals surface area contributed by atoms with Gasteiger partial charge in [-0.05, 0) is 42.5 Å². The Labute approximate surface area is 139 Å². The van der Waals surface area contributed by atoms with Crippen LogP contribution in [0, 0.1) is 10.1 Å². The molecular formula is C13H9BrClN3O2S. The van der Waals surface area contributed by atoms with Crippen LogP contribution in [-0.4, -0.2) is 10.0 Å². The Bertz CT molecular complexity index is 694. The van der Waals surface area contributed by atoms with Crippen molar-refractivity contribution in [1.82, 2.24) is 0 Å². The third kappa shape index (κ3) is 4.38. The number of nitrogens with one attached hydrogen (secondary N) is 2. The molecular weight excluding hydrogens is 378 g/mol. The molecule has 2 aromatic rings. The van der Waals surface area contributed by atoms with Crippen molar-refractivity contribution >= 4 is 61.9 Å². The maximum atomic E-state index is 10.6. The molecule has 0 aliphatic heterocycles. The van der Waals surface area contributed by atoms with Gasteiger partial charge in [0.1, 0.15) is 0 Å². The van der Waals surface area contributed by atoms with E-state index in [0.29, 0.717) is 10.8 Å². The highest BCUT2D eigenvalue weighted by atomic mass is 79.9. The van der Waals surface area contributed by atoms with Gasteiger partial charge in [0.05, 0.1) is 15.6 Å². The van der Waals surface area contributed by atoms with Crippen LogP contribution in [0.2, 0.25) is 5.02 Å². The minimum absolute atomic E-state index is 0.0719. The Balaban J connectivity index is 2.06. The molecule has 0 aromatic heterocycles. The van der Waals surface area contributed by atoms with E-state index >= 15 is 0 Å². The summed E-state index contributed by atoms with van der Waals surface area (Å²) >= 11 is 14.5. The molecule has 0 unspecified atom stereocenters. The first-order valence-electron chi connectivity index (χ1n) is 5.73. The summed E-state index contributed by atoms with van der Waals surface area (Å²) in [5, 5.41) is 17.1. The second kappa shape index (κ2) is 6.84. The Hall–Kier alpha value is -1.70. The number of hydrogen-bond donors (Lipinski definition) is 2. The van der Waals surface area contributed by atoms with E-state index in [1.165, 1.54) is 18.2 Å². The van der Waals surface area contributed by atoms with Gasteiger partial charge in [-0.25, -0.2) is 0 Å². The summed E-state index contributed by atoms with van der Waals surface area (Å²) < 4.78 is 0.963. The van der Waals surface area contributed by atoms with E-state index in [2.05, 4.69) is 26.6 Å². The number of nitrogens with zero attached hydrogens (tertiary/aromatic N) is 1. The van der Waals surface area contributed by atoms with Crippen molar-refractivity contribution in [3.63, 3.8) is 0 Å². The normalized spacial score (nSPS) is 10.0. The number of rotatable bonds is 3. The predicted octanol–water partition coefficient (Wildman–Crippen LogP) is 4.82. The highest BCUT2D eigenvalue weighted by molar-refractivity contribution is 9.10. The van der Waals surface area contributed by atoms with E-state index in [0.717, 1.165) is 10.2 Å². The van der Waals surface area contributed by atoms with Gasteiger partial charge in [-0.15, -0.1) is 0 Å². The molecule has 5 nitrogen and oxygen atoms in total. The molecule has 2 aromatic carbocycles. The van der Waals surface area contributed by atoms with Crippen LogP contribution < -0.4 is 10.6 Å². The van der Waals surface area contributed by atoms with E-state index in [9.17, 15) is 10.1 Å². The highest BCUT2D eigenvalue weighted by Crippen LogP contribution is 2.26. The van der Waals surface area contributed by atoms with Crippen molar-refractivity contribution < 1.29 is 4.92 Å². The first-order valence-corrected chi connectivity index (χ1v) is 7.31. The van der Waals surface area contributed by atoms with Gasteiger partial charge in [-0.3, -0.25) is 10.1 Å². The van der Waals surface area contributed by atoms with Crippen molar-refractivity contribution in [1.29, 1.82) is 0 Å². The maximum Gasteiger partial charge on any atom is 0.271 e. The van der Waals surface area contributed by atoms with E-state index in [1.54, 1.807) is 0 Å². The molecule has 0 saturated carbocycles. The largest absolute Gasteiger partial charge is 0.332 e. The first-order chi connectivity index (χ1) is 9.95. The SMILES string of the molecule is O=[N+]([O-])c1ccc(NC(=S)Nc2ccc(Br)cc2)c(Cl)c1. The van der Waals surface area contributed by atoms with Crippen LogP contribution in [0.4, 0.5) is 17.1 Å². The summed E-state index contributed by atoms with van der Waals surface area (Å²) in [6.07, 6.45) is 0. The third-order valence-electron chi connectivity index (χ3n) is 2.51. The molecule has 0 heterocycles. The average Bonchev–Trinajstić information content (AvgIpc) is 2.43. The van der Waals surface area contributed by atoms with Crippen LogP contribution in [-0.2, 0) is 0 Å². The minimum atomic E-state index is -0.506. The molecule has 0 aliphatic carbocycles. The summed E-state index contributed by atoms with van der Waals surface area (Å²) in [4.78, 5) is 10.1. The lowest BCUT2D eigenvalue weighted by Crippen LogP contribution is -2.19. The Morgan fingerprint density at radius 2 is 1.86 bits per heavy atom. The van der Waals surface area contributed by atoms with Gasteiger partial charge >= 0.3 is 0 Å². The quantitative estimate of drug-likeness (QED) is 0.450. The summed E-state index contributed by atoms with van der Waals surface area (Å²) in [5.41, 5.74) is 1.24. The molecule has 0 saturated heterocycles. The van der Waals surface area contributed by atoms with E-state index < -0.39 is 4.92 Å². The Kier molecular flexibility index (Phi) is 5.11. The molecule has 0 aliphatic rings. The second-order valence-electron chi connectivity index (χ2n) is 4.01. The lowest BCUT2D eigenvalue weighted by atomic mass is 10.3. The molecule has 2 N–H and O–H groups in total. The van der Waals surface area contributed by atoms with E-state index in [1.807, 2.05) is 24.3 Å². The van der Waals surface area contributed by atoms with Gasteiger partial charge in [0.25, 0.3) is 5.69 Å². The number of thiocarbonyl (C=S) groups is 1. The van der Waals surface area contributed by atoms with Crippen LogP contribution in [0.3, 0.4) is 0 Å². The molecule has 0 spiro atoms. The minimum Gasteiger partial charge on any atom is -0.332 e. The van der Waals surface area contributed by atoms with Gasteiger partial charge in [0.2, 0.25) is 0 Å². The van der Waals surface area contributed by atoms with Crippen molar-refractivity contribution in [2.24, 2.45) is 0 Å². The van der Waals surface area contributed by atoms with Gasteiger partial charge < -0.3 is 10.6 Å². The fourth-order valence-electron chi connectivity index (χ4n) is 1.54. The molecule has 21 heavy (non-hydrogen) atoms. The molecule has 0 atom stereocenters. The lowest BCUT2D eigenvalue weighted by Gasteiger charge is -2.11. The summed E-state index contributed by atoms with van der Waals surface area (Å²) in [6.45, 7) is 0. The number of non-ortho nitro benzene ring substituents is 1. The zero-order valence-corrected chi connectivity index (χ0v) is 13.6. The zero-order valence-electron chi connectivity index (χ0n) is 10.5. The smallest absolute Gasteiger partial charge is 0.271 e. The first kappa shape index (κ1) is 15.7. The number of anilines is 2. The van der Waals surface area contributed by atoms with Crippen molar-refractivity contribution in [3.8, 4) is 0 Å². The summed E-state index contributed by atoms with van der Waals surface area (Å²) in [7, 11) is 0. The van der Waals surface area contributed by atoms with Crippen molar-refractivity contribution in [3.05, 3.63) is 62.1 Å². The van der Waals surface area contributed by atoms with Gasteiger partial charge in [-0.1, -0.05) is 27.5 Å². The van der Waals surface area contributed by atoms with Crippen LogP contribution in [0.5, 0.6) is 0 Å². The lowest BCUT2D eigenvalue weighted by molar-refractivity contribution is -0.384.